The summed E-state index contributed by atoms with van der Waals surface area (Å²) in [5.41, 5.74) is 1.44. The molecule has 0 radical (unpaired) electrons. The van der Waals surface area contributed by atoms with E-state index in [1.165, 1.54) is 39.5 Å². The number of aromatic nitrogens is 5. The van der Waals surface area contributed by atoms with Crippen molar-refractivity contribution < 1.29 is 18.4 Å². The van der Waals surface area contributed by atoms with Gasteiger partial charge in [0.2, 0.25) is 5.16 Å². The van der Waals surface area contributed by atoms with Crippen molar-refractivity contribution in [3.05, 3.63) is 57.2 Å². The molecule has 0 unspecified atom stereocenters. The van der Waals surface area contributed by atoms with Gasteiger partial charge in [-0.2, -0.15) is 23.7 Å². The third-order valence-electron chi connectivity index (χ3n) is 4.04. The maximum absolute atomic E-state index is 12.2. The molecule has 0 aliphatic carbocycles. The van der Waals surface area contributed by atoms with E-state index < -0.39 is 11.5 Å². The lowest BCUT2D eigenvalue weighted by atomic mass is 10.2. The lowest BCUT2D eigenvalue weighted by molar-refractivity contribution is -0.386. The summed E-state index contributed by atoms with van der Waals surface area (Å²) in [5.74, 6) is 0.872. The first-order valence-corrected chi connectivity index (χ1v) is 9.57. The molecule has 30 heavy (non-hydrogen) atoms. The summed E-state index contributed by atoms with van der Waals surface area (Å²) in [6, 6.07) is 6.00. The van der Waals surface area contributed by atoms with Gasteiger partial charge in [-0.15, -0.1) is 10.2 Å². The first-order valence-electron chi connectivity index (χ1n) is 8.58. The standard InChI is InChI=1S/C17H17F2N7O3S/c1-10-15(26(27)28)11(2)24(23-10)9-30-17-22-21-12(3)25(17)20-8-13-4-6-14(7-5-13)29-16(18)19/h4-8,16H,9H2,1-3H3. The molecule has 0 bridgehead atoms. The van der Waals surface area contributed by atoms with E-state index in [9.17, 15) is 18.9 Å². The highest BCUT2D eigenvalue weighted by Crippen LogP contribution is 2.25. The minimum atomic E-state index is -2.88. The number of hydrogen-bond acceptors (Lipinski definition) is 8. The van der Waals surface area contributed by atoms with E-state index in [0.717, 1.165) is 0 Å². The van der Waals surface area contributed by atoms with Crippen LogP contribution in [-0.4, -0.2) is 42.4 Å². The maximum Gasteiger partial charge on any atom is 0.387 e. The predicted molar refractivity (Wildman–Crippen MR) is 105 cm³/mol. The molecule has 0 N–H and O–H groups in total. The molecule has 2 heterocycles. The molecule has 0 spiro atoms. The molecule has 0 saturated carbocycles. The number of thioether (sulfide) groups is 1. The van der Waals surface area contributed by atoms with Crippen LogP contribution in [-0.2, 0) is 5.88 Å². The Morgan fingerprint density at radius 2 is 1.97 bits per heavy atom. The van der Waals surface area contributed by atoms with Crippen molar-refractivity contribution >= 4 is 23.7 Å². The number of hydrogen-bond donors (Lipinski definition) is 0. The summed E-state index contributed by atoms with van der Waals surface area (Å²) in [6.45, 7) is 2.06. The monoisotopic (exact) mass is 437 g/mol. The van der Waals surface area contributed by atoms with Crippen LogP contribution in [0.25, 0.3) is 0 Å². The van der Waals surface area contributed by atoms with Crippen molar-refractivity contribution in [3.63, 3.8) is 0 Å². The highest BCUT2D eigenvalue weighted by Gasteiger charge is 2.22. The van der Waals surface area contributed by atoms with Crippen LogP contribution in [0.2, 0.25) is 0 Å². The fourth-order valence-corrected chi connectivity index (χ4v) is 3.51. The molecule has 13 heteroatoms. The Morgan fingerprint density at radius 3 is 2.57 bits per heavy atom. The van der Waals surface area contributed by atoms with Crippen molar-refractivity contribution in [3.8, 4) is 5.75 Å². The molecule has 0 saturated heterocycles. The van der Waals surface area contributed by atoms with Crippen LogP contribution in [0, 0.1) is 30.9 Å². The molecule has 3 aromatic rings. The SMILES string of the molecule is Cc1nn(CSc2nnc(C)n2N=Cc2ccc(OC(F)F)cc2)c(C)c1[N+](=O)[O-]. The molecule has 0 fully saturated rings. The molecule has 0 atom stereocenters. The van der Waals surface area contributed by atoms with Crippen LogP contribution in [0.5, 0.6) is 5.75 Å². The van der Waals surface area contributed by atoms with Crippen molar-refractivity contribution in [1.82, 2.24) is 24.7 Å². The Kier molecular flexibility index (Phi) is 6.40. The maximum atomic E-state index is 12.2. The first-order chi connectivity index (χ1) is 14.3. The van der Waals surface area contributed by atoms with Gasteiger partial charge >= 0.3 is 12.3 Å². The minimum Gasteiger partial charge on any atom is -0.435 e. The van der Waals surface area contributed by atoms with Gasteiger partial charge in [0.1, 0.15) is 17.1 Å². The van der Waals surface area contributed by atoms with Gasteiger partial charge < -0.3 is 4.74 Å². The van der Waals surface area contributed by atoms with Crippen LogP contribution in [0.15, 0.2) is 34.5 Å². The van der Waals surface area contributed by atoms with Gasteiger partial charge in [-0.3, -0.25) is 14.8 Å². The van der Waals surface area contributed by atoms with E-state index in [2.05, 4.69) is 25.1 Å². The van der Waals surface area contributed by atoms with Gasteiger partial charge in [0.05, 0.1) is 17.0 Å². The molecule has 10 nitrogen and oxygen atoms in total. The van der Waals surface area contributed by atoms with Gasteiger partial charge in [-0.25, -0.2) is 0 Å². The largest absolute Gasteiger partial charge is 0.435 e. The number of benzene rings is 1. The van der Waals surface area contributed by atoms with E-state index in [1.807, 2.05) is 0 Å². The van der Waals surface area contributed by atoms with Crippen LogP contribution in [0.1, 0.15) is 22.8 Å². The van der Waals surface area contributed by atoms with E-state index in [-0.39, 0.29) is 17.3 Å². The highest BCUT2D eigenvalue weighted by atomic mass is 32.2. The zero-order chi connectivity index (χ0) is 21.8. The number of rotatable bonds is 8. The number of aryl methyl sites for hydroxylation is 2. The summed E-state index contributed by atoms with van der Waals surface area (Å²) < 4.78 is 31.8. The molecule has 0 aliphatic heterocycles. The number of nitrogens with zero attached hydrogens (tertiary/aromatic N) is 7. The summed E-state index contributed by atoms with van der Waals surface area (Å²) in [7, 11) is 0. The zero-order valence-electron chi connectivity index (χ0n) is 16.2. The highest BCUT2D eigenvalue weighted by molar-refractivity contribution is 7.98. The second-order valence-corrected chi connectivity index (χ2v) is 7.00. The van der Waals surface area contributed by atoms with E-state index >= 15 is 0 Å². The predicted octanol–water partition coefficient (Wildman–Crippen LogP) is 3.54. The lowest BCUT2D eigenvalue weighted by Gasteiger charge is -2.05. The van der Waals surface area contributed by atoms with Crippen LogP contribution in [0.4, 0.5) is 14.5 Å². The Hall–Kier alpha value is -3.35. The number of halogens is 2. The lowest BCUT2D eigenvalue weighted by Crippen LogP contribution is -2.03. The smallest absolute Gasteiger partial charge is 0.387 e. The van der Waals surface area contributed by atoms with Crippen molar-refractivity contribution in [2.45, 2.75) is 38.4 Å². The van der Waals surface area contributed by atoms with Crippen LogP contribution >= 0.6 is 11.8 Å². The fraction of sp³-hybridized carbons (Fsp3) is 0.294. The summed E-state index contributed by atoms with van der Waals surface area (Å²) >= 11 is 1.26. The minimum absolute atomic E-state index is 0.00876. The summed E-state index contributed by atoms with van der Waals surface area (Å²) in [4.78, 5) is 10.7. The van der Waals surface area contributed by atoms with Gasteiger partial charge in [-0.1, -0.05) is 11.8 Å². The van der Waals surface area contributed by atoms with Crippen LogP contribution < -0.4 is 4.74 Å². The second kappa shape index (κ2) is 8.98. The topological polar surface area (TPSA) is 113 Å². The Morgan fingerprint density at radius 1 is 1.27 bits per heavy atom. The third-order valence-corrected chi connectivity index (χ3v) is 4.92. The van der Waals surface area contributed by atoms with Crippen LogP contribution in [0.3, 0.4) is 0 Å². The van der Waals surface area contributed by atoms with E-state index in [1.54, 1.807) is 32.9 Å². The van der Waals surface area contributed by atoms with Crippen molar-refractivity contribution in [2.24, 2.45) is 5.10 Å². The summed E-state index contributed by atoms with van der Waals surface area (Å²) in [5, 5.41) is 28.2. The normalized spacial score (nSPS) is 11.5. The van der Waals surface area contributed by atoms with Gasteiger partial charge in [-0.05, 0) is 50.6 Å². The van der Waals surface area contributed by atoms with E-state index in [0.29, 0.717) is 27.9 Å². The van der Waals surface area contributed by atoms with Crippen molar-refractivity contribution in [2.75, 3.05) is 0 Å². The van der Waals surface area contributed by atoms with Gasteiger partial charge in [0.25, 0.3) is 0 Å². The molecule has 1 aromatic carbocycles. The quantitative estimate of drug-likeness (QED) is 0.229. The average molecular weight is 437 g/mol. The Balaban J connectivity index is 1.73. The van der Waals surface area contributed by atoms with Gasteiger partial charge in [0.15, 0.2) is 5.82 Å². The van der Waals surface area contributed by atoms with E-state index in [4.69, 9.17) is 0 Å². The molecule has 0 aliphatic rings. The Labute approximate surface area is 173 Å². The fourth-order valence-electron chi connectivity index (χ4n) is 2.62. The Bertz CT molecular complexity index is 1080. The van der Waals surface area contributed by atoms with Gasteiger partial charge in [0, 0.05) is 0 Å². The molecule has 158 valence electrons. The molecular formula is C17H17F2N7O3S. The summed E-state index contributed by atoms with van der Waals surface area (Å²) in [6.07, 6.45) is 1.53. The third kappa shape index (κ3) is 4.79. The molecule has 3 rings (SSSR count). The van der Waals surface area contributed by atoms with Crippen molar-refractivity contribution in [1.29, 1.82) is 0 Å². The molecule has 0 amide bonds. The molecular weight excluding hydrogens is 420 g/mol. The first kappa shape index (κ1) is 21.4. The second-order valence-electron chi connectivity index (χ2n) is 6.08. The number of alkyl halides is 2. The average Bonchev–Trinajstić information content (AvgIpc) is 3.17. The number of ether oxygens (including phenoxy) is 1. The number of nitro groups is 1. The molecule has 2 aromatic heterocycles. The zero-order valence-corrected chi connectivity index (χ0v) is 17.0.